The van der Waals surface area contributed by atoms with Crippen molar-refractivity contribution >= 4 is 0 Å². The zero-order chi connectivity index (χ0) is 12.4. The third-order valence-electron chi connectivity index (χ3n) is 2.73. The minimum absolute atomic E-state index is 0.0453. The Hall–Kier alpha value is -2.03. The van der Waals surface area contributed by atoms with Gasteiger partial charge in [-0.15, -0.1) is 0 Å². The van der Waals surface area contributed by atoms with Gasteiger partial charge in [-0.1, -0.05) is 12.1 Å². The number of benzene rings is 1. The lowest BCUT2D eigenvalue weighted by atomic mass is 10.0. The van der Waals surface area contributed by atoms with Gasteiger partial charge < -0.3 is 9.72 Å². The predicted octanol–water partition coefficient (Wildman–Crippen LogP) is 2.67. The lowest BCUT2D eigenvalue weighted by molar-refractivity contribution is 0.415. The van der Waals surface area contributed by atoms with Crippen LogP contribution in [0.3, 0.4) is 0 Å². The van der Waals surface area contributed by atoms with Crippen molar-refractivity contribution in [1.29, 1.82) is 0 Å². The highest BCUT2D eigenvalue weighted by Crippen LogP contribution is 2.21. The molecule has 1 aromatic carbocycles. The molecule has 0 aliphatic carbocycles. The van der Waals surface area contributed by atoms with E-state index in [-0.39, 0.29) is 5.43 Å². The number of pyridine rings is 1. The highest BCUT2D eigenvalue weighted by molar-refractivity contribution is 5.66. The summed E-state index contributed by atoms with van der Waals surface area (Å²) in [5, 5.41) is 0. The highest BCUT2D eigenvalue weighted by atomic mass is 16.5. The minimum Gasteiger partial charge on any atom is -0.497 e. The van der Waals surface area contributed by atoms with Gasteiger partial charge in [0.15, 0.2) is 5.43 Å². The van der Waals surface area contributed by atoms with Crippen LogP contribution in [0, 0.1) is 13.8 Å². The van der Waals surface area contributed by atoms with Gasteiger partial charge in [-0.05, 0) is 31.5 Å². The molecule has 1 N–H and O–H groups in total. The first-order chi connectivity index (χ1) is 8.11. The number of hydrogen-bond acceptors (Lipinski definition) is 2. The molecule has 0 saturated heterocycles. The van der Waals surface area contributed by atoms with Crippen LogP contribution < -0.4 is 10.2 Å². The number of hydrogen-bond donors (Lipinski definition) is 1. The van der Waals surface area contributed by atoms with Crippen LogP contribution in [0.4, 0.5) is 0 Å². The molecule has 0 aliphatic rings. The average molecular weight is 229 g/mol. The summed E-state index contributed by atoms with van der Waals surface area (Å²) < 4.78 is 5.10. The second-order valence-electron chi connectivity index (χ2n) is 4.05. The molecule has 0 radical (unpaired) electrons. The maximum absolute atomic E-state index is 12.0. The van der Waals surface area contributed by atoms with Crippen molar-refractivity contribution in [2.45, 2.75) is 13.8 Å². The summed E-state index contributed by atoms with van der Waals surface area (Å²) in [7, 11) is 1.62. The van der Waals surface area contributed by atoms with Crippen molar-refractivity contribution in [3.05, 3.63) is 51.9 Å². The second kappa shape index (κ2) is 4.45. The molecule has 0 saturated carbocycles. The topological polar surface area (TPSA) is 42.1 Å². The maximum Gasteiger partial charge on any atom is 0.189 e. The molecule has 88 valence electrons. The number of nitrogens with one attached hydrogen (secondary N) is 1. The summed E-state index contributed by atoms with van der Waals surface area (Å²) in [5.41, 5.74) is 3.44. The minimum atomic E-state index is 0.0453. The molecule has 3 nitrogen and oxygen atoms in total. The fourth-order valence-electron chi connectivity index (χ4n) is 1.96. The molecule has 3 heteroatoms. The molecule has 2 aromatic rings. The van der Waals surface area contributed by atoms with E-state index in [0.717, 1.165) is 28.3 Å². The highest BCUT2D eigenvalue weighted by Gasteiger charge is 2.07. The summed E-state index contributed by atoms with van der Waals surface area (Å²) in [4.78, 5) is 15.1. The number of aryl methyl sites for hydroxylation is 2. The molecule has 2 rings (SSSR count). The van der Waals surface area contributed by atoms with E-state index < -0.39 is 0 Å². The molecular formula is C14H15NO2. The Morgan fingerprint density at radius 2 is 1.76 bits per heavy atom. The number of aromatic nitrogens is 1. The standard InChI is InChI=1S/C14H15NO2/c1-9-8-13(16)14(10(2)15-9)11-4-6-12(17-3)7-5-11/h4-8H,1-3H3,(H,15,16). The van der Waals surface area contributed by atoms with Crippen LogP contribution in [0.15, 0.2) is 35.1 Å². The van der Waals surface area contributed by atoms with E-state index in [0.29, 0.717) is 0 Å². The Bertz CT molecular complexity index is 582. The van der Waals surface area contributed by atoms with Crippen molar-refractivity contribution in [3.8, 4) is 16.9 Å². The molecule has 0 amide bonds. The van der Waals surface area contributed by atoms with E-state index in [1.807, 2.05) is 38.1 Å². The van der Waals surface area contributed by atoms with Crippen LogP contribution in [0.25, 0.3) is 11.1 Å². The Labute approximate surface area is 100 Å². The van der Waals surface area contributed by atoms with E-state index in [2.05, 4.69) is 4.98 Å². The normalized spacial score (nSPS) is 10.3. The number of H-pyrrole nitrogens is 1. The van der Waals surface area contributed by atoms with Crippen LogP contribution in [0.5, 0.6) is 5.75 Å². The first-order valence-corrected chi connectivity index (χ1v) is 5.47. The Morgan fingerprint density at radius 3 is 2.29 bits per heavy atom. The third-order valence-corrected chi connectivity index (χ3v) is 2.73. The molecular weight excluding hydrogens is 214 g/mol. The van der Waals surface area contributed by atoms with Gasteiger partial charge in [0.1, 0.15) is 5.75 Å². The lowest BCUT2D eigenvalue weighted by Crippen LogP contribution is -2.08. The first kappa shape index (κ1) is 11.5. The van der Waals surface area contributed by atoms with Crippen molar-refractivity contribution in [2.75, 3.05) is 7.11 Å². The fraction of sp³-hybridized carbons (Fsp3) is 0.214. The van der Waals surface area contributed by atoms with Crippen LogP contribution in [0.2, 0.25) is 0 Å². The molecule has 1 aromatic heterocycles. The zero-order valence-corrected chi connectivity index (χ0v) is 10.2. The molecule has 0 bridgehead atoms. The molecule has 0 spiro atoms. The van der Waals surface area contributed by atoms with Crippen LogP contribution in [0.1, 0.15) is 11.4 Å². The van der Waals surface area contributed by atoms with Gasteiger partial charge in [-0.3, -0.25) is 4.79 Å². The number of methoxy groups -OCH3 is 1. The SMILES string of the molecule is COc1ccc(-c2c(C)[nH]c(C)cc2=O)cc1. The largest absolute Gasteiger partial charge is 0.497 e. The van der Waals surface area contributed by atoms with E-state index in [1.54, 1.807) is 13.2 Å². The van der Waals surface area contributed by atoms with Crippen molar-refractivity contribution in [2.24, 2.45) is 0 Å². The Balaban J connectivity index is 2.56. The van der Waals surface area contributed by atoms with Gasteiger partial charge >= 0.3 is 0 Å². The summed E-state index contributed by atoms with van der Waals surface area (Å²) in [6.45, 7) is 3.79. The van der Waals surface area contributed by atoms with Crippen LogP contribution >= 0.6 is 0 Å². The summed E-state index contributed by atoms with van der Waals surface area (Å²) in [6, 6.07) is 9.12. The van der Waals surface area contributed by atoms with E-state index >= 15 is 0 Å². The third kappa shape index (κ3) is 2.23. The van der Waals surface area contributed by atoms with Crippen molar-refractivity contribution in [3.63, 3.8) is 0 Å². The van der Waals surface area contributed by atoms with E-state index in [1.165, 1.54) is 0 Å². The smallest absolute Gasteiger partial charge is 0.189 e. The molecule has 0 aliphatic heterocycles. The van der Waals surface area contributed by atoms with Crippen LogP contribution in [-0.4, -0.2) is 12.1 Å². The maximum atomic E-state index is 12.0. The number of aromatic amines is 1. The predicted molar refractivity (Wildman–Crippen MR) is 68.5 cm³/mol. The van der Waals surface area contributed by atoms with Gasteiger partial charge in [0, 0.05) is 23.0 Å². The van der Waals surface area contributed by atoms with Crippen LogP contribution in [-0.2, 0) is 0 Å². The van der Waals surface area contributed by atoms with Gasteiger partial charge in [0.25, 0.3) is 0 Å². The molecule has 0 fully saturated rings. The molecule has 17 heavy (non-hydrogen) atoms. The average Bonchev–Trinajstić information content (AvgIpc) is 2.28. The first-order valence-electron chi connectivity index (χ1n) is 5.47. The monoisotopic (exact) mass is 229 g/mol. The molecule has 0 unspecified atom stereocenters. The lowest BCUT2D eigenvalue weighted by Gasteiger charge is -2.07. The summed E-state index contributed by atoms with van der Waals surface area (Å²) in [6.07, 6.45) is 0. The van der Waals surface area contributed by atoms with Gasteiger partial charge in [-0.25, -0.2) is 0 Å². The number of rotatable bonds is 2. The van der Waals surface area contributed by atoms with Crippen molar-refractivity contribution in [1.82, 2.24) is 4.98 Å². The van der Waals surface area contributed by atoms with Crippen molar-refractivity contribution < 1.29 is 4.74 Å². The van der Waals surface area contributed by atoms with Gasteiger partial charge in [0.2, 0.25) is 0 Å². The molecule has 0 atom stereocenters. The number of ether oxygens (including phenoxy) is 1. The zero-order valence-electron chi connectivity index (χ0n) is 10.2. The van der Waals surface area contributed by atoms with Gasteiger partial charge in [-0.2, -0.15) is 0 Å². The molecule has 1 heterocycles. The Kier molecular flexibility index (Phi) is 3.00. The van der Waals surface area contributed by atoms with Gasteiger partial charge in [0.05, 0.1) is 7.11 Å². The summed E-state index contributed by atoms with van der Waals surface area (Å²) >= 11 is 0. The van der Waals surface area contributed by atoms with E-state index in [9.17, 15) is 4.79 Å². The summed E-state index contributed by atoms with van der Waals surface area (Å²) in [5.74, 6) is 0.787. The van der Waals surface area contributed by atoms with E-state index in [4.69, 9.17) is 4.74 Å². The Morgan fingerprint density at radius 1 is 1.12 bits per heavy atom. The quantitative estimate of drug-likeness (QED) is 0.860. The second-order valence-corrected chi connectivity index (χ2v) is 4.05. The fourth-order valence-corrected chi connectivity index (χ4v) is 1.96.